The Morgan fingerprint density at radius 1 is 0.889 bits per heavy atom. The molecule has 0 saturated carbocycles. The second-order valence-electron chi connectivity index (χ2n) is 5.05. The maximum absolute atomic E-state index is 5.47. The molecule has 0 saturated heterocycles. The van der Waals surface area contributed by atoms with Crippen molar-refractivity contribution in [2.75, 3.05) is 46.1 Å². The fourth-order valence-corrected chi connectivity index (χ4v) is 1.38. The highest BCUT2D eigenvalue weighted by Crippen LogP contribution is 1.96. The first-order valence-corrected chi connectivity index (χ1v) is 7.26. The largest absolute Gasteiger partial charge is 0.378 e. The first-order chi connectivity index (χ1) is 8.66. The zero-order valence-corrected chi connectivity index (χ0v) is 12.6. The SMILES string of the molecule is CCC(C)CNCCOCCOCCNC(C)C. The summed E-state index contributed by atoms with van der Waals surface area (Å²) in [4.78, 5) is 0. The summed E-state index contributed by atoms with van der Waals surface area (Å²) in [5.74, 6) is 0.752. The molecule has 0 heterocycles. The van der Waals surface area contributed by atoms with Gasteiger partial charge < -0.3 is 20.1 Å². The van der Waals surface area contributed by atoms with Crippen LogP contribution in [0.3, 0.4) is 0 Å². The topological polar surface area (TPSA) is 42.5 Å². The van der Waals surface area contributed by atoms with Crippen molar-refractivity contribution in [3.63, 3.8) is 0 Å². The van der Waals surface area contributed by atoms with E-state index in [1.165, 1.54) is 6.42 Å². The van der Waals surface area contributed by atoms with Gasteiger partial charge in [-0.05, 0) is 12.5 Å². The van der Waals surface area contributed by atoms with Gasteiger partial charge in [-0.15, -0.1) is 0 Å². The van der Waals surface area contributed by atoms with E-state index in [4.69, 9.17) is 9.47 Å². The van der Waals surface area contributed by atoms with Gasteiger partial charge in [-0.1, -0.05) is 34.1 Å². The summed E-state index contributed by atoms with van der Waals surface area (Å²) in [6, 6.07) is 0.529. The molecule has 2 N–H and O–H groups in total. The quantitative estimate of drug-likeness (QED) is 0.494. The number of rotatable bonds is 13. The Morgan fingerprint density at radius 2 is 1.50 bits per heavy atom. The van der Waals surface area contributed by atoms with Crippen molar-refractivity contribution in [2.24, 2.45) is 5.92 Å². The summed E-state index contributed by atoms with van der Waals surface area (Å²) in [7, 11) is 0. The van der Waals surface area contributed by atoms with Gasteiger partial charge in [0.1, 0.15) is 0 Å². The summed E-state index contributed by atoms with van der Waals surface area (Å²) in [6.45, 7) is 14.6. The van der Waals surface area contributed by atoms with Crippen molar-refractivity contribution in [3.8, 4) is 0 Å². The zero-order valence-electron chi connectivity index (χ0n) is 12.6. The molecule has 0 aliphatic heterocycles. The molecule has 0 rings (SSSR count). The van der Waals surface area contributed by atoms with Crippen LogP contribution in [0.15, 0.2) is 0 Å². The lowest BCUT2D eigenvalue weighted by molar-refractivity contribution is 0.0493. The van der Waals surface area contributed by atoms with E-state index >= 15 is 0 Å². The van der Waals surface area contributed by atoms with Crippen molar-refractivity contribution in [3.05, 3.63) is 0 Å². The summed E-state index contributed by atoms with van der Waals surface area (Å²) in [6.07, 6.45) is 1.23. The van der Waals surface area contributed by atoms with E-state index in [1.54, 1.807) is 0 Å². The fourth-order valence-electron chi connectivity index (χ4n) is 1.38. The molecule has 110 valence electrons. The third-order valence-electron chi connectivity index (χ3n) is 2.78. The first kappa shape index (κ1) is 17.8. The Morgan fingerprint density at radius 3 is 2.06 bits per heavy atom. The number of ether oxygens (including phenoxy) is 2. The normalized spacial score (nSPS) is 13.2. The molecule has 0 bridgehead atoms. The molecule has 4 heteroatoms. The highest BCUT2D eigenvalue weighted by atomic mass is 16.5. The van der Waals surface area contributed by atoms with Gasteiger partial charge in [-0.2, -0.15) is 0 Å². The van der Waals surface area contributed by atoms with Crippen LogP contribution in [0.5, 0.6) is 0 Å². The molecule has 0 amide bonds. The van der Waals surface area contributed by atoms with E-state index < -0.39 is 0 Å². The number of hydrogen-bond donors (Lipinski definition) is 2. The van der Waals surface area contributed by atoms with Crippen LogP contribution in [0.4, 0.5) is 0 Å². The van der Waals surface area contributed by atoms with Gasteiger partial charge in [-0.25, -0.2) is 0 Å². The Labute approximate surface area is 113 Å². The summed E-state index contributed by atoms with van der Waals surface area (Å²) >= 11 is 0. The van der Waals surface area contributed by atoms with Gasteiger partial charge >= 0.3 is 0 Å². The molecule has 0 aromatic rings. The maximum Gasteiger partial charge on any atom is 0.0701 e. The van der Waals surface area contributed by atoms with Gasteiger partial charge in [0.25, 0.3) is 0 Å². The van der Waals surface area contributed by atoms with Crippen LogP contribution in [0.1, 0.15) is 34.1 Å². The van der Waals surface area contributed by atoms with Crippen molar-refractivity contribution in [1.82, 2.24) is 10.6 Å². The van der Waals surface area contributed by atoms with Crippen molar-refractivity contribution >= 4 is 0 Å². The minimum atomic E-state index is 0.529. The highest BCUT2D eigenvalue weighted by Gasteiger charge is 1.97. The van der Waals surface area contributed by atoms with Gasteiger partial charge in [-0.3, -0.25) is 0 Å². The van der Waals surface area contributed by atoms with E-state index in [-0.39, 0.29) is 0 Å². The minimum absolute atomic E-state index is 0.529. The van der Waals surface area contributed by atoms with Crippen molar-refractivity contribution in [2.45, 2.75) is 40.2 Å². The standard InChI is InChI=1S/C14H32N2O2/c1-5-14(4)12-15-6-8-17-10-11-18-9-7-16-13(2)3/h13-16H,5-12H2,1-4H3. The summed E-state index contributed by atoms with van der Waals surface area (Å²) in [5, 5.41) is 6.69. The van der Waals surface area contributed by atoms with Gasteiger partial charge in [0.2, 0.25) is 0 Å². The second-order valence-corrected chi connectivity index (χ2v) is 5.05. The maximum atomic E-state index is 5.47. The Hall–Kier alpha value is -0.160. The molecule has 4 nitrogen and oxygen atoms in total. The lowest BCUT2D eigenvalue weighted by Crippen LogP contribution is -2.27. The second kappa shape index (κ2) is 13.3. The number of nitrogens with one attached hydrogen (secondary N) is 2. The fraction of sp³-hybridized carbons (Fsp3) is 1.00. The number of hydrogen-bond acceptors (Lipinski definition) is 4. The molecule has 0 aliphatic carbocycles. The lowest BCUT2D eigenvalue weighted by atomic mass is 10.1. The van der Waals surface area contributed by atoms with E-state index in [1.807, 2.05) is 0 Å². The van der Waals surface area contributed by atoms with Crippen molar-refractivity contribution in [1.29, 1.82) is 0 Å². The Bertz CT molecular complexity index is 166. The van der Waals surface area contributed by atoms with Crippen LogP contribution >= 0.6 is 0 Å². The van der Waals surface area contributed by atoms with Crippen LogP contribution in [0.2, 0.25) is 0 Å². The molecular formula is C14H32N2O2. The average Bonchev–Trinajstić information content (AvgIpc) is 2.35. The van der Waals surface area contributed by atoms with E-state index in [0.29, 0.717) is 19.3 Å². The molecule has 1 atom stereocenters. The summed E-state index contributed by atoms with van der Waals surface area (Å²) < 4.78 is 10.9. The third-order valence-corrected chi connectivity index (χ3v) is 2.78. The first-order valence-electron chi connectivity index (χ1n) is 7.26. The van der Waals surface area contributed by atoms with Crippen LogP contribution in [0.25, 0.3) is 0 Å². The molecule has 1 unspecified atom stereocenters. The third kappa shape index (κ3) is 13.9. The molecule has 0 aromatic carbocycles. The predicted octanol–water partition coefficient (Wildman–Crippen LogP) is 1.65. The Kier molecular flexibility index (Phi) is 13.2. The van der Waals surface area contributed by atoms with E-state index in [9.17, 15) is 0 Å². The Balaban J connectivity index is 2.99. The van der Waals surface area contributed by atoms with Crippen molar-refractivity contribution < 1.29 is 9.47 Å². The van der Waals surface area contributed by atoms with Crippen LogP contribution in [-0.4, -0.2) is 52.1 Å². The molecular weight excluding hydrogens is 228 g/mol. The predicted molar refractivity (Wildman–Crippen MR) is 77.1 cm³/mol. The smallest absolute Gasteiger partial charge is 0.0701 e. The highest BCUT2D eigenvalue weighted by molar-refractivity contribution is 4.54. The van der Waals surface area contributed by atoms with Crippen LogP contribution in [0, 0.1) is 5.92 Å². The monoisotopic (exact) mass is 260 g/mol. The molecule has 0 aliphatic rings. The van der Waals surface area contributed by atoms with E-state index in [0.717, 1.165) is 38.8 Å². The van der Waals surface area contributed by atoms with Gasteiger partial charge in [0.15, 0.2) is 0 Å². The molecule has 18 heavy (non-hydrogen) atoms. The minimum Gasteiger partial charge on any atom is -0.378 e. The van der Waals surface area contributed by atoms with Crippen LogP contribution in [-0.2, 0) is 9.47 Å². The van der Waals surface area contributed by atoms with E-state index in [2.05, 4.69) is 38.3 Å². The lowest BCUT2D eigenvalue weighted by Gasteiger charge is -2.11. The van der Waals surface area contributed by atoms with Gasteiger partial charge in [0, 0.05) is 19.1 Å². The molecule has 0 fully saturated rings. The zero-order chi connectivity index (χ0) is 13.6. The van der Waals surface area contributed by atoms with Crippen LogP contribution < -0.4 is 10.6 Å². The molecule has 0 aromatic heterocycles. The average molecular weight is 260 g/mol. The molecule has 0 spiro atoms. The van der Waals surface area contributed by atoms with Gasteiger partial charge in [0.05, 0.1) is 26.4 Å². The molecule has 0 radical (unpaired) electrons. The summed E-state index contributed by atoms with van der Waals surface area (Å²) in [5.41, 5.74) is 0.